The number of hydrogen-bond acceptors (Lipinski definition) is 4. The Labute approximate surface area is 220 Å². The van der Waals surface area contributed by atoms with E-state index in [0.717, 1.165) is 5.56 Å². The third-order valence-electron chi connectivity index (χ3n) is 5.58. The predicted octanol–water partition coefficient (Wildman–Crippen LogP) is 5.88. The molecule has 3 N–H and O–H groups in total. The van der Waals surface area contributed by atoms with Crippen LogP contribution in [0.15, 0.2) is 108 Å². The molecule has 1 unspecified atom stereocenters. The lowest BCUT2D eigenvalue weighted by atomic mass is 10.1. The maximum Gasteiger partial charge on any atom is 0.261 e. The Balaban J connectivity index is 1.53. The van der Waals surface area contributed by atoms with Crippen molar-refractivity contribution in [2.24, 2.45) is 0 Å². The highest BCUT2D eigenvalue weighted by Crippen LogP contribution is 2.25. The minimum Gasteiger partial charge on any atom is -0.345 e. The fourth-order valence-electron chi connectivity index (χ4n) is 3.66. The molecular weight excluding hydrogens is 510 g/mol. The highest BCUT2D eigenvalue weighted by atomic mass is 35.5. The maximum atomic E-state index is 13.1. The lowest BCUT2D eigenvalue weighted by Crippen LogP contribution is -2.28. The van der Waals surface area contributed by atoms with Crippen molar-refractivity contribution in [2.45, 2.75) is 17.9 Å². The van der Waals surface area contributed by atoms with Gasteiger partial charge in [0, 0.05) is 5.69 Å². The second-order valence-corrected chi connectivity index (χ2v) is 10.3. The molecule has 0 aliphatic heterocycles. The number of para-hydroxylation sites is 1. The number of sulfonamides is 1. The molecule has 0 aliphatic carbocycles. The summed E-state index contributed by atoms with van der Waals surface area (Å²) < 4.78 is 27.8. The fourth-order valence-corrected chi connectivity index (χ4v) is 4.93. The minimum atomic E-state index is -3.86. The van der Waals surface area contributed by atoms with Gasteiger partial charge in [0.05, 0.1) is 32.8 Å². The summed E-state index contributed by atoms with van der Waals surface area (Å²) in [6.07, 6.45) is 0. The molecule has 0 fully saturated rings. The molecule has 9 heteroatoms. The molecule has 7 nitrogen and oxygen atoms in total. The summed E-state index contributed by atoms with van der Waals surface area (Å²) in [4.78, 5) is 26.2. The van der Waals surface area contributed by atoms with Gasteiger partial charge in [-0.2, -0.15) is 0 Å². The first kappa shape index (κ1) is 25.9. The summed E-state index contributed by atoms with van der Waals surface area (Å²) in [7, 11) is -3.86. The number of halogens is 1. The summed E-state index contributed by atoms with van der Waals surface area (Å²) in [5.74, 6) is -0.954. The Morgan fingerprint density at radius 1 is 0.757 bits per heavy atom. The summed E-state index contributed by atoms with van der Waals surface area (Å²) in [5, 5.41) is 5.78. The van der Waals surface area contributed by atoms with Crippen molar-refractivity contribution < 1.29 is 18.0 Å². The molecule has 0 spiro atoms. The number of amides is 2. The molecule has 4 rings (SSSR count). The number of nitrogens with one attached hydrogen (secondary N) is 3. The number of carbonyl (C=O) groups is 2. The lowest BCUT2D eigenvalue weighted by molar-refractivity contribution is 0.0940. The smallest absolute Gasteiger partial charge is 0.261 e. The van der Waals surface area contributed by atoms with Crippen molar-refractivity contribution in [1.82, 2.24) is 5.32 Å². The lowest BCUT2D eigenvalue weighted by Gasteiger charge is -2.17. The van der Waals surface area contributed by atoms with Crippen LogP contribution in [0.5, 0.6) is 0 Å². The number of benzene rings is 4. The highest BCUT2D eigenvalue weighted by Gasteiger charge is 2.19. The Kier molecular flexibility index (Phi) is 7.91. The number of rotatable bonds is 8. The Hall–Kier alpha value is -4.14. The van der Waals surface area contributed by atoms with Crippen molar-refractivity contribution >= 4 is 44.8 Å². The molecule has 2 amide bonds. The Morgan fingerprint density at radius 2 is 1.38 bits per heavy atom. The summed E-state index contributed by atoms with van der Waals surface area (Å²) in [5.41, 5.74) is 1.72. The second-order valence-electron chi connectivity index (χ2n) is 8.22. The van der Waals surface area contributed by atoms with Crippen molar-refractivity contribution in [1.29, 1.82) is 0 Å². The molecule has 0 aromatic heterocycles. The van der Waals surface area contributed by atoms with E-state index in [0.29, 0.717) is 0 Å². The van der Waals surface area contributed by atoms with Crippen molar-refractivity contribution in [2.75, 3.05) is 10.0 Å². The van der Waals surface area contributed by atoms with E-state index in [1.54, 1.807) is 42.5 Å². The average molecular weight is 534 g/mol. The topological polar surface area (TPSA) is 104 Å². The van der Waals surface area contributed by atoms with Crippen LogP contribution in [0.4, 0.5) is 11.4 Å². The molecule has 0 bridgehead atoms. The van der Waals surface area contributed by atoms with E-state index in [9.17, 15) is 18.0 Å². The van der Waals surface area contributed by atoms with Gasteiger partial charge in [-0.25, -0.2) is 8.42 Å². The van der Waals surface area contributed by atoms with Crippen molar-refractivity contribution in [3.8, 4) is 0 Å². The minimum absolute atomic E-state index is 0.0443. The van der Waals surface area contributed by atoms with Crippen LogP contribution in [-0.4, -0.2) is 20.2 Å². The van der Waals surface area contributed by atoms with Crippen LogP contribution >= 0.6 is 11.6 Å². The Bertz CT molecular complexity index is 1530. The van der Waals surface area contributed by atoms with Crippen LogP contribution in [0.1, 0.15) is 39.2 Å². The molecule has 0 radical (unpaired) electrons. The zero-order valence-electron chi connectivity index (χ0n) is 19.8. The second kappa shape index (κ2) is 11.3. The molecule has 4 aromatic rings. The molecule has 1 atom stereocenters. The van der Waals surface area contributed by atoms with E-state index in [1.807, 2.05) is 37.3 Å². The third-order valence-corrected chi connectivity index (χ3v) is 7.31. The van der Waals surface area contributed by atoms with Crippen molar-refractivity contribution in [3.05, 3.63) is 125 Å². The van der Waals surface area contributed by atoms with Gasteiger partial charge in [0.15, 0.2) is 0 Å². The van der Waals surface area contributed by atoms with E-state index in [1.165, 1.54) is 30.3 Å². The summed E-state index contributed by atoms with van der Waals surface area (Å²) >= 11 is 6.27. The third kappa shape index (κ3) is 6.35. The number of carbonyl (C=O) groups excluding carboxylic acids is 2. The number of hydrogen-bond donors (Lipinski definition) is 3. The fraction of sp³-hybridized carbons (Fsp3) is 0.0714. The zero-order chi connectivity index (χ0) is 26.4. The van der Waals surface area contributed by atoms with Gasteiger partial charge in [-0.1, -0.05) is 72.3 Å². The van der Waals surface area contributed by atoms with Gasteiger partial charge in [-0.15, -0.1) is 0 Å². The molecule has 0 saturated carbocycles. The molecule has 37 heavy (non-hydrogen) atoms. The summed E-state index contributed by atoms with van der Waals surface area (Å²) in [6, 6.07) is 28.0. The normalized spacial score (nSPS) is 11.8. The molecule has 188 valence electrons. The molecule has 0 saturated heterocycles. The van der Waals surface area contributed by atoms with Crippen LogP contribution in [0.2, 0.25) is 5.02 Å². The van der Waals surface area contributed by atoms with E-state index < -0.39 is 15.9 Å². The molecular formula is C28H24ClN3O4S. The first-order chi connectivity index (χ1) is 17.7. The van der Waals surface area contributed by atoms with Gasteiger partial charge in [0.1, 0.15) is 0 Å². The monoisotopic (exact) mass is 533 g/mol. The standard InChI is InChI=1S/C28H24ClN3O4S/c1-19(20-10-4-2-5-11-20)30-27(33)23-14-8-9-15-26(23)31-28(34)24-18-21(16-17-25(24)29)32-37(35,36)22-12-6-3-7-13-22/h2-19,32H,1H3,(H,30,33)(H,31,34). The molecule has 4 aromatic carbocycles. The van der Waals surface area contributed by atoms with Gasteiger partial charge in [0.2, 0.25) is 0 Å². The van der Waals surface area contributed by atoms with Gasteiger partial charge < -0.3 is 10.6 Å². The SMILES string of the molecule is CC(NC(=O)c1ccccc1NC(=O)c1cc(NS(=O)(=O)c2ccccc2)ccc1Cl)c1ccccc1. The maximum absolute atomic E-state index is 13.1. The zero-order valence-corrected chi connectivity index (χ0v) is 21.4. The molecule has 0 heterocycles. The van der Waals surface area contributed by atoms with Crippen LogP contribution in [0, 0.1) is 0 Å². The number of anilines is 2. The van der Waals surface area contributed by atoms with Crippen LogP contribution in [-0.2, 0) is 10.0 Å². The summed E-state index contributed by atoms with van der Waals surface area (Å²) in [6.45, 7) is 1.87. The first-order valence-corrected chi connectivity index (χ1v) is 13.2. The van der Waals surface area contributed by atoms with Gasteiger partial charge in [-0.3, -0.25) is 14.3 Å². The quantitative estimate of drug-likeness (QED) is 0.263. The first-order valence-electron chi connectivity index (χ1n) is 11.4. The van der Waals surface area contributed by atoms with Gasteiger partial charge >= 0.3 is 0 Å². The van der Waals surface area contributed by atoms with Gasteiger partial charge in [0.25, 0.3) is 21.8 Å². The van der Waals surface area contributed by atoms with E-state index in [2.05, 4.69) is 15.4 Å². The van der Waals surface area contributed by atoms with Gasteiger partial charge in [-0.05, 0) is 55.0 Å². The van der Waals surface area contributed by atoms with E-state index in [4.69, 9.17) is 11.6 Å². The largest absolute Gasteiger partial charge is 0.345 e. The highest BCUT2D eigenvalue weighted by molar-refractivity contribution is 7.92. The molecule has 0 aliphatic rings. The van der Waals surface area contributed by atoms with E-state index >= 15 is 0 Å². The van der Waals surface area contributed by atoms with Crippen LogP contribution in [0.3, 0.4) is 0 Å². The van der Waals surface area contributed by atoms with Crippen LogP contribution in [0.25, 0.3) is 0 Å². The predicted molar refractivity (Wildman–Crippen MR) is 145 cm³/mol. The van der Waals surface area contributed by atoms with E-state index in [-0.39, 0.29) is 44.4 Å². The average Bonchev–Trinajstić information content (AvgIpc) is 2.91. The van der Waals surface area contributed by atoms with Crippen LogP contribution < -0.4 is 15.4 Å². The van der Waals surface area contributed by atoms with Crippen molar-refractivity contribution in [3.63, 3.8) is 0 Å². The Morgan fingerprint density at radius 3 is 2.08 bits per heavy atom.